The van der Waals surface area contributed by atoms with E-state index in [1.54, 1.807) is 48.4 Å². The van der Waals surface area contributed by atoms with Gasteiger partial charge in [-0.1, -0.05) is 55.4 Å². The zero-order valence-electron chi connectivity index (χ0n) is 21.7. The Morgan fingerprint density at radius 3 is 2.54 bits per heavy atom. The predicted octanol–water partition coefficient (Wildman–Crippen LogP) is 5.09. The van der Waals surface area contributed by atoms with Crippen LogP contribution in [-0.2, 0) is 16.1 Å². The van der Waals surface area contributed by atoms with Crippen LogP contribution >= 0.6 is 11.6 Å². The molecule has 8 nitrogen and oxygen atoms in total. The van der Waals surface area contributed by atoms with Gasteiger partial charge >= 0.3 is 6.09 Å². The second-order valence-corrected chi connectivity index (χ2v) is 10.0. The highest BCUT2D eigenvalue weighted by Gasteiger charge is 2.28. The fourth-order valence-corrected chi connectivity index (χ4v) is 4.22. The van der Waals surface area contributed by atoms with Crippen LogP contribution in [0.5, 0.6) is 0 Å². The molecule has 1 atom stereocenters. The molecule has 1 N–H and O–H groups in total. The Bertz CT molecular complexity index is 1330. The fraction of sp³-hybridized carbons (Fsp3) is 0.357. The Balaban J connectivity index is 2.04. The van der Waals surface area contributed by atoms with Crippen molar-refractivity contribution in [3.63, 3.8) is 0 Å². The van der Waals surface area contributed by atoms with E-state index >= 15 is 0 Å². The SMILES string of the molecule is C=CC(=O)N(CCNC(=O)OC(C)(C)C)C(CC)c1nc2cc(Cl)ccc2c(=O)n1Cc1ccccc1. The van der Waals surface area contributed by atoms with E-state index in [0.29, 0.717) is 28.2 Å². The highest BCUT2D eigenvalue weighted by Crippen LogP contribution is 2.25. The first-order valence-corrected chi connectivity index (χ1v) is 12.6. The molecule has 0 saturated carbocycles. The fourth-order valence-electron chi connectivity index (χ4n) is 4.06. The summed E-state index contributed by atoms with van der Waals surface area (Å²) in [7, 11) is 0. The Morgan fingerprint density at radius 2 is 1.92 bits per heavy atom. The Morgan fingerprint density at radius 1 is 1.22 bits per heavy atom. The zero-order valence-corrected chi connectivity index (χ0v) is 22.4. The number of halogens is 1. The highest BCUT2D eigenvalue weighted by atomic mass is 35.5. The average Bonchev–Trinajstić information content (AvgIpc) is 2.84. The number of amides is 2. The van der Waals surface area contributed by atoms with Crippen molar-refractivity contribution in [1.29, 1.82) is 0 Å². The molecular weight excluding hydrogens is 492 g/mol. The van der Waals surface area contributed by atoms with Gasteiger partial charge in [0.05, 0.1) is 23.5 Å². The second-order valence-electron chi connectivity index (χ2n) is 9.60. The molecule has 0 aliphatic rings. The Hall–Kier alpha value is -3.65. The summed E-state index contributed by atoms with van der Waals surface area (Å²) in [5, 5.41) is 3.58. The van der Waals surface area contributed by atoms with Crippen molar-refractivity contribution in [2.45, 2.75) is 52.3 Å². The molecule has 0 saturated heterocycles. The van der Waals surface area contributed by atoms with Crippen LogP contribution in [0.4, 0.5) is 4.79 Å². The summed E-state index contributed by atoms with van der Waals surface area (Å²) >= 11 is 6.21. The van der Waals surface area contributed by atoms with E-state index in [-0.39, 0.29) is 31.1 Å². The standard InChI is InChI=1S/C28H33ClN4O4/c1-6-23(32(24(34)7-2)16-15-30-27(36)37-28(3,4)5)25-31-22-17-20(29)13-14-21(22)26(35)33(25)18-19-11-9-8-10-12-19/h7-14,17,23H,2,6,15-16,18H2,1,3-5H3,(H,30,36). The molecule has 0 fully saturated rings. The van der Waals surface area contributed by atoms with E-state index < -0.39 is 17.7 Å². The number of nitrogens with one attached hydrogen (secondary N) is 1. The molecular formula is C28H33ClN4O4. The Labute approximate surface area is 221 Å². The molecule has 0 radical (unpaired) electrons. The minimum absolute atomic E-state index is 0.146. The maximum absolute atomic E-state index is 13.7. The number of alkyl carbamates (subject to hydrolysis) is 1. The van der Waals surface area contributed by atoms with Crippen LogP contribution in [0, 0.1) is 0 Å². The van der Waals surface area contributed by atoms with Crippen LogP contribution in [0.15, 0.2) is 66.0 Å². The third-order valence-corrected chi connectivity index (χ3v) is 5.91. The summed E-state index contributed by atoms with van der Waals surface area (Å²) in [6.45, 7) is 11.5. The van der Waals surface area contributed by atoms with Gasteiger partial charge in [0, 0.05) is 18.1 Å². The Kier molecular flexibility index (Phi) is 9.10. The monoisotopic (exact) mass is 524 g/mol. The molecule has 3 aromatic rings. The van der Waals surface area contributed by atoms with E-state index in [2.05, 4.69) is 11.9 Å². The van der Waals surface area contributed by atoms with Gasteiger partial charge in [-0.25, -0.2) is 9.78 Å². The number of carbonyl (C=O) groups is 2. The molecule has 9 heteroatoms. The van der Waals surface area contributed by atoms with Crippen molar-refractivity contribution in [3.05, 3.63) is 88.0 Å². The lowest BCUT2D eigenvalue weighted by Gasteiger charge is -2.32. The average molecular weight is 525 g/mol. The second kappa shape index (κ2) is 12.1. The smallest absolute Gasteiger partial charge is 0.407 e. The van der Waals surface area contributed by atoms with Gasteiger partial charge in [0.15, 0.2) is 0 Å². The number of hydrogen-bond acceptors (Lipinski definition) is 5. The third kappa shape index (κ3) is 7.20. The lowest BCUT2D eigenvalue weighted by molar-refractivity contribution is -0.128. The minimum Gasteiger partial charge on any atom is -0.444 e. The number of aromatic nitrogens is 2. The molecule has 0 aliphatic heterocycles. The van der Waals surface area contributed by atoms with Crippen LogP contribution in [0.3, 0.4) is 0 Å². The molecule has 2 aromatic carbocycles. The van der Waals surface area contributed by atoms with Crippen LogP contribution < -0.4 is 10.9 Å². The first-order valence-electron chi connectivity index (χ1n) is 12.2. The van der Waals surface area contributed by atoms with Crippen molar-refractivity contribution >= 4 is 34.5 Å². The largest absolute Gasteiger partial charge is 0.444 e. The van der Waals surface area contributed by atoms with Crippen molar-refractivity contribution in [3.8, 4) is 0 Å². The lowest BCUT2D eigenvalue weighted by Crippen LogP contribution is -2.43. The summed E-state index contributed by atoms with van der Waals surface area (Å²) in [4.78, 5) is 45.2. The highest BCUT2D eigenvalue weighted by molar-refractivity contribution is 6.31. The third-order valence-electron chi connectivity index (χ3n) is 5.67. The van der Waals surface area contributed by atoms with E-state index in [9.17, 15) is 14.4 Å². The summed E-state index contributed by atoms with van der Waals surface area (Å²) in [6.07, 6.45) is 1.11. The number of nitrogens with zero attached hydrogens (tertiary/aromatic N) is 3. The van der Waals surface area contributed by atoms with Crippen molar-refractivity contribution in [2.24, 2.45) is 0 Å². The zero-order chi connectivity index (χ0) is 27.2. The normalized spacial score (nSPS) is 12.1. The molecule has 0 aliphatic carbocycles. The van der Waals surface area contributed by atoms with Gasteiger partial charge in [-0.05, 0) is 57.0 Å². The maximum atomic E-state index is 13.7. The van der Waals surface area contributed by atoms with E-state index in [1.807, 2.05) is 37.3 Å². The summed E-state index contributed by atoms with van der Waals surface area (Å²) in [5.74, 6) is 0.0862. The molecule has 0 spiro atoms. The van der Waals surface area contributed by atoms with Crippen LogP contribution in [0.1, 0.15) is 51.5 Å². The number of rotatable bonds is 9. The topological polar surface area (TPSA) is 93.5 Å². The molecule has 37 heavy (non-hydrogen) atoms. The number of benzene rings is 2. The summed E-state index contributed by atoms with van der Waals surface area (Å²) in [6, 6.07) is 14.0. The predicted molar refractivity (Wildman–Crippen MR) is 146 cm³/mol. The van der Waals surface area contributed by atoms with Gasteiger partial charge in [-0.2, -0.15) is 0 Å². The molecule has 2 amide bonds. The van der Waals surface area contributed by atoms with Gasteiger partial charge in [0.25, 0.3) is 5.56 Å². The number of fused-ring (bicyclic) bond motifs is 1. The van der Waals surface area contributed by atoms with E-state index in [0.717, 1.165) is 5.56 Å². The summed E-state index contributed by atoms with van der Waals surface area (Å²) < 4.78 is 6.90. The number of carbonyl (C=O) groups excluding carboxylic acids is 2. The van der Waals surface area contributed by atoms with Crippen molar-refractivity contribution in [1.82, 2.24) is 19.8 Å². The molecule has 0 bridgehead atoms. The quantitative estimate of drug-likeness (QED) is 0.393. The number of hydrogen-bond donors (Lipinski definition) is 1. The van der Waals surface area contributed by atoms with Crippen LogP contribution in [0.2, 0.25) is 5.02 Å². The maximum Gasteiger partial charge on any atom is 0.407 e. The van der Waals surface area contributed by atoms with Gasteiger partial charge < -0.3 is 15.0 Å². The van der Waals surface area contributed by atoms with Crippen molar-refractivity contribution in [2.75, 3.05) is 13.1 Å². The van der Waals surface area contributed by atoms with E-state index in [1.165, 1.54) is 6.08 Å². The van der Waals surface area contributed by atoms with Crippen molar-refractivity contribution < 1.29 is 14.3 Å². The molecule has 1 aromatic heterocycles. The van der Waals surface area contributed by atoms with Crippen LogP contribution in [0.25, 0.3) is 10.9 Å². The minimum atomic E-state index is -0.642. The number of ether oxygens (including phenoxy) is 1. The first kappa shape index (κ1) is 27.9. The van der Waals surface area contributed by atoms with Gasteiger partial charge in [0.1, 0.15) is 11.4 Å². The van der Waals surface area contributed by atoms with Gasteiger partial charge in [-0.15, -0.1) is 0 Å². The first-order chi connectivity index (χ1) is 17.5. The molecule has 3 rings (SSSR count). The van der Waals surface area contributed by atoms with Gasteiger partial charge in [-0.3, -0.25) is 14.2 Å². The van der Waals surface area contributed by atoms with Crippen LogP contribution in [-0.4, -0.2) is 45.1 Å². The lowest BCUT2D eigenvalue weighted by atomic mass is 10.1. The molecule has 1 unspecified atom stereocenters. The summed E-state index contributed by atoms with van der Waals surface area (Å²) in [5.41, 5.74) is 0.505. The molecule has 196 valence electrons. The van der Waals surface area contributed by atoms with E-state index in [4.69, 9.17) is 21.3 Å². The molecule has 1 heterocycles. The van der Waals surface area contributed by atoms with Gasteiger partial charge in [0.2, 0.25) is 5.91 Å².